The molecule has 19 heavy (non-hydrogen) atoms. The molecule has 2 aliphatic rings. The summed E-state index contributed by atoms with van der Waals surface area (Å²) in [5.74, 6) is 2.01. The number of hydrogen-bond acceptors (Lipinski definition) is 3. The molecule has 4 heteroatoms. The van der Waals surface area contributed by atoms with Gasteiger partial charge in [-0.2, -0.15) is 0 Å². The topological polar surface area (TPSA) is 29.0 Å². The van der Waals surface area contributed by atoms with Gasteiger partial charge < -0.3 is 0 Å². The van der Waals surface area contributed by atoms with E-state index < -0.39 is 6.17 Å². The number of alkyl halides is 1. The van der Waals surface area contributed by atoms with Gasteiger partial charge in [-0.1, -0.05) is 13.8 Å². The third-order valence-corrected chi connectivity index (χ3v) is 3.95. The minimum absolute atomic E-state index is 0.423. The second kappa shape index (κ2) is 5.16. The lowest BCUT2D eigenvalue weighted by atomic mass is 10.1. The first-order valence-electron chi connectivity index (χ1n) is 7.36. The average molecular weight is 263 g/mol. The highest BCUT2D eigenvalue weighted by Crippen LogP contribution is 2.38. The fraction of sp³-hybridized carbons (Fsp3) is 0.733. The van der Waals surface area contributed by atoms with Crippen LogP contribution in [0.5, 0.6) is 0 Å². The molecule has 0 bridgehead atoms. The molecule has 1 saturated carbocycles. The summed E-state index contributed by atoms with van der Waals surface area (Å²) in [6.07, 6.45) is 2.45. The third kappa shape index (κ3) is 3.11. The molecule has 1 atom stereocenters. The molecular weight excluding hydrogens is 241 g/mol. The Kier molecular flexibility index (Phi) is 3.52. The van der Waals surface area contributed by atoms with Crippen molar-refractivity contribution in [1.29, 1.82) is 0 Å². The van der Waals surface area contributed by atoms with E-state index in [2.05, 4.69) is 29.8 Å². The van der Waals surface area contributed by atoms with E-state index in [1.807, 2.05) is 0 Å². The van der Waals surface area contributed by atoms with Gasteiger partial charge in [0.15, 0.2) is 0 Å². The first-order valence-corrected chi connectivity index (χ1v) is 7.36. The van der Waals surface area contributed by atoms with Gasteiger partial charge in [-0.3, -0.25) is 4.90 Å². The smallest absolute Gasteiger partial charge is 0.132 e. The van der Waals surface area contributed by atoms with Crippen LogP contribution in [0, 0.1) is 0 Å². The fourth-order valence-electron chi connectivity index (χ4n) is 2.60. The molecule has 0 spiro atoms. The molecule has 3 nitrogen and oxygen atoms in total. The standard InChI is InChI=1S/C15H22FN3/c1-10(2)14-7-13(9-19-6-5-12(16)8-19)17-15(18-14)11-3-4-11/h7,10-12H,3-6,8-9H2,1-2H3. The lowest BCUT2D eigenvalue weighted by Gasteiger charge is -2.16. The third-order valence-electron chi connectivity index (χ3n) is 3.95. The van der Waals surface area contributed by atoms with Crippen molar-refractivity contribution in [3.8, 4) is 0 Å². The molecule has 1 unspecified atom stereocenters. The summed E-state index contributed by atoms with van der Waals surface area (Å²) in [5, 5.41) is 0. The predicted octanol–water partition coefficient (Wildman–Crippen LogP) is 3.02. The van der Waals surface area contributed by atoms with Crippen LogP contribution >= 0.6 is 0 Å². The van der Waals surface area contributed by atoms with E-state index >= 15 is 0 Å². The van der Waals surface area contributed by atoms with Gasteiger partial charge in [-0.05, 0) is 31.2 Å². The van der Waals surface area contributed by atoms with Crippen molar-refractivity contribution in [2.75, 3.05) is 13.1 Å². The number of aromatic nitrogens is 2. The number of rotatable bonds is 4. The van der Waals surface area contributed by atoms with Crippen molar-refractivity contribution >= 4 is 0 Å². The Labute approximate surface area is 114 Å². The molecule has 0 N–H and O–H groups in total. The summed E-state index contributed by atoms with van der Waals surface area (Å²) in [5.41, 5.74) is 2.19. The van der Waals surface area contributed by atoms with Gasteiger partial charge in [0, 0.05) is 31.2 Å². The number of nitrogens with zero attached hydrogens (tertiary/aromatic N) is 3. The number of likely N-dealkylation sites (tertiary alicyclic amines) is 1. The van der Waals surface area contributed by atoms with E-state index in [9.17, 15) is 4.39 Å². The van der Waals surface area contributed by atoms with Gasteiger partial charge in [0.05, 0.1) is 5.69 Å². The molecular formula is C15H22FN3. The SMILES string of the molecule is CC(C)c1cc(CN2CCC(F)C2)nc(C2CC2)n1. The molecule has 1 aliphatic heterocycles. The highest BCUT2D eigenvalue weighted by molar-refractivity contribution is 5.18. The minimum Gasteiger partial charge on any atom is -0.295 e. The van der Waals surface area contributed by atoms with Crippen molar-refractivity contribution in [2.24, 2.45) is 0 Å². The normalized spacial score (nSPS) is 24.3. The first-order chi connectivity index (χ1) is 9.11. The van der Waals surface area contributed by atoms with Gasteiger partial charge >= 0.3 is 0 Å². The van der Waals surface area contributed by atoms with Crippen LogP contribution in [0.25, 0.3) is 0 Å². The molecule has 0 aromatic carbocycles. The summed E-state index contributed by atoms with van der Waals surface area (Å²) in [6.45, 7) is 6.50. The Morgan fingerprint density at radius 2 is 2.11 bits per heavy atom. The number of halogens is 1. The van der Waals surface area contributed by atoms with Crippen LogP contribution in [0.4, 0.5) is 4.39 Å². The Bertz CT molecular complexity index is 436. The summed E-state index contributed by atoms with van der Waals surface area (Å²) in [4.78, 5) is 11.5. The van der Waals surface area contributed by atoms with Crippen LogP contribution in [0.2, 0.25) is 0 Å². The second-order valence-electron chi connectivity index (χ2n) is 6.19. The molecule has 3 rings (SSSR count). The van der Waals surface area contributed by atoms with Gasteiger partial charge in [-0.25, -0.2) is 14.4 Å². The monoisotopic (exact) mass is 263 g/mol. The van der Waals surface area contributed by atoms with Crippen LogP contribution < -0.4 is 0 Å². The maximum absolute atomic E-state index is 13.2. The zero-order chi connectivity index (χ0) is 13.4. The summed E-state index contributed by atoms with van der Waals surface area (Å²) in [6, 6.07) is 2.10. The Morgan fingerprint density at radius 1 is 1.32 bits per heavy atom. The van der Waals surface area contributed by atoms with Gasteiger partial charge in [0.1, 0.15) is 12.0 Å². The van der Waals surface area contributed by atoms with Crippen LogP contribution in [0.1, 0.15) is 62.2 Å². The van der Waals surface area contributed by atoms with Crippen molar-refractivity contribution in [2.45, 2.75) is 57.7 Å². The van der Waals surface area contributed by atoms with Crippen molar-refractivity contribution in [3.05, 3.63) is 23.3 Å². The van der Waals surface area contributed by atoms with Crippen molar-refractivity contribution < 1.29 is 4.39 Å². The van der Waals surface area contributed by atoms with E-state index in [1.165, 1.54) is 12.8 Å². The van der Waals surface area contributed by atoms with E-state index in [0.29, 0.717) is 24.8 Å². The van der Waals surface area contributed by atoms with Crippen LogP contribution in [0.3, 0.4) is 0 Å². The summed E-state index contributed by atoms with van der Waals surface area (Å²) < 4.78 is 13.2. The molecule has 1 saturated heterocycles. The lowest BCUT2D eigenvalue weighted by Crippen LogP contribution is -2.21. The molecule has 0 radical (unpaired) electrons. The maximum Gasteiger partial charge on any atom is 0.132 e. The highest BCUT2D eigenvalue weighted by Gasteiger charge is 2.28. The van der Waals surface area contributed by atoms with Crippen molar-refractivity contribution in [1.82, 2.24) is 14.9 Å². The highest BCUT2D eigenvalue weighted by atomic mass is 19.1. The van der Waals surface area contributed by atoms with Crippen molar-refractivity contribution in [3.63, 3.8) is 0 Å². The van der Waals surface area contributed by atoms with E-state index in [0.717, 1.165) is 30.3 Å². The van der Waals surface area contributed by atoms with Gasteiger partial charge in [0.2, 0.25) is 0 Å². The molecule has 104 valence electrons. The molecule has 1 aromatic rings. The largest absolute Gasteiger partial charge is 0.295 e. The van der Waals surface area contributed by atoms with Crippen LogP contribution in [-0.4, -0.2) is 34.1 Å². The predicted molar refractivity (Wildman–Crippen MR) is 72.9 cm³/mol. The zero-order valence-electron chi connectivity index (χ0n) is 11.8. The molecule has 1 aromatic heterocycles. The first kappa shape index (κ1) is 13.0. The van der Waals surface area contributed by atoms with Gasteiger partial charge in [-0.15, -0.1) is 0 Å². The second-order valence-corrected chi connectivity index (χ2v) is 6.19. The van der Waals surface area contributed by atoms with Gasteiger partial charge in [0.25, 0.3) is 0 Å². The molecule has 0 amide bonds. The Hall–Kier alpha value is -1.03. The summed E-state index contributed by atoms with van der Waals surface area (Å²) in [7, 11) is 0. The Balaban J connectivity index is 1.79. The zero-order valence-corrected chi connectivity index (χ0v) is 11.8. The lowest BCUT2D eigenvalue weighted by molar-refractivity contribution is 0.279. The van der Waals surface area contributed by atoms with Crippen LogP contribution in [-0.2, 0) is 6.54 Å². The quantitative estimate of drug-likeness (QED) is 0.836. The maximum atomic E-state index is 13.2. The fourth-order valence-corrected chi connectivity index (χ4v) is 2.60. The molecule has 1 aliphatic carbocycles. The van der Waals surface area contributed by atoms with E-state index in [1.54, 1.807) is 0 Å². The Morgan fingerprint density at radius 3 is 2.68 bits per heavy atom. The minimum atomic E-state index is -0.658. The average Bonchev–Trinajstić information content (AvgIpc) is 3.14. The molecule has 2 fully saturated rings. The summed E-state index contributed by atoms with van der Waals surface area (Å²) >= 11 is 0. The van der Waals surface area contributed by atoms with E-state index in [-0.39, 0.29) is 0 Å². The van der Waals surface area contributed by atoms with E-state index in [4.69, 9.17) is 4.98 Å². The number of hydrogen-bond donors (Lipinski definition) is 0. The van der Waals surface area contributed by atoms with Crippen LogP contribution in [0.15, 0.2) is 6.07 Å². The molecule has 2 heterocycles.